The monoisotopic (exact) mass is 625 g/mol. The zero-order chi connectivity index (χ0) is 22.4. The first kappa shape index (κ1) is 22.1. The maximum Gasteiger partial charge on any atom is 0.217 e. The molecule has 170 valence electrons. The zero-order valence-corrected chi connectivity index (χ0v) is 20.6. The summed E-state index contributed by atoms with van der Waals surface area (Å²) < 4.78 is 8.19. The van der Waals surface area contributed by atoms with Gasteiger partial charge in [0.05, 0.1) is 0 Å². The molecular weight excluding hydrogens is 605 g/mol. The Kier molecular flexibility index (Phi) is 5.80. The van der Waals surface area contributed by atoms with Crippen molar-refractivity contribution in [2.75, 3.05) is 0 Å². The van der Waals surface area contributed by atoms with Crippen molar-refractivity contribution < 1.29 is 30.9 Å². The molecule has 0 aliphatic heterocycles. The fourth-order valence-corrected chi connectivity index (χ4v) is 4.26. The number of fused-ring (bicyclic) bond motifs is 4. The van der Waals surface area contributed by atoms with E-state index in [4.69, 9.17) is 4.74 Å². The fourth-order valence-electron chi connectivity index (χ4n) is 4.26. The second kappa shape index (κ2) is 8.92. The molecule has 0 aliphatic carbocycles. The molecule has 3 heterocycles. The number of phenolic OH excluding ortho intramolecular Hbond substituents is 1. The zero-order valence-electron chi connectivity index (χ0n) is 18.3. The normalized spacial score (nSPS) is 11.1. The molecule has 0 fully saturated rings. The topological polar surface area (TPSA) is 60.2 Å². The summed E-state index contributed by atoms with van der Waals surface area (Å²) in [6, 6.07) is 28.8. The van der Waals surface area contributed by atoms with Crippen LogP contribution in [0.4, 0.5) is 0 Å². The van der Waals surface area contributed by atoms with Crippen molar-refractivity contribution in [2.45, 2.75) is 13.3 Å². The van der Waals surface area contributed by atoms with Gasteiger partial charge in [-0.05, 0) is 47.7 Å². The van der Waals surface area contributed by atoms with E-state index >= 15 is 0 Å². The predicted octanol–water partition coefficient (Wildman–Crippen LogP) is 6.58. The molecular formula is C28H20N3O2Pt-. The van der Waals surface area contributed by atoms with E-state index in [0.29, 0.717) is 17.1 Å². The van der Waals surface area contributed by atoms with Gasteiger partial charge >= 0.3 is 0 Å². The van der Waals surface area contributed by atoms with Gasteiger partial charge < -0.3 is 14.4 Å². The van der Waals surface area contributed by atoms with Crippen LogP contribution in [0.2, 0.25) is 0 Å². The van der Waals surface area contributed by atoms with Crippen LogP contribution < -0.4 is 4.74 Å². The Bertz CT molecular complexity index is 1660. The van der Waals surface area contributed by atoms with Gasteiger partial charge in [0.1, 0.15) is 17.1 Å². The van der Waals surface area contributed by atoms with E-state index in [2.05, 4.69) is 45.7 Å². The van der Waals surface area contributed by atoms with Gasteiger partial charge in [-0.1, -0.05) is 42.8 Å². The Morgan fingerprint density at radius 3 is 2.71 bits per heavy atom. The largest absolute Gasteiger partial charge is 0.506 e. The fraction of sp³-hybridized carbons (Fsp3) is 0.0714. The number of pyridine rings is 2. The number of benzene rings is 3. The molecule has 5 nitrogen and oxygen atoms in total. The second-order valence-corrected chi connectivity index (χ2v) is 7.91. The standard InChI is InChI=1S/C28H20N3O2.Pt/c1-2-18-14-15-29-26(16-18)31-23-8-4-3-7-21(23)22-12-11-20(17-24(22)31)33-27-13-10-19-6-5-9-25(32)28(19)30-27;/h3-16,32H,2H2,1H3;/q-1;. The molecule has 0 bridgehead atoms. The number of aryl methyl sites for hydroxylation is 1. The smallest absolute Gasteiger partial charge is 0.217 e. The molecule has 6 heteroatoms. The number of hydrogen-bond donors (Lipinski definition) is 1. The van der Waals surface area contributed by atoms with E-state index in [-0.39, 0.29) is 26.8 Å². The minimum Gasteiger partial charge on any atom is -0.506 e. The Hall–Kier alpha value is -3.69. The maximum atomic E-state index is 10.2. The van der Waals surface area contributed by atoms with Gasteiger partial charge in [0.25, 0.3) is 0 Å². The van der Waals surface area contributed by atoms with Crippen LogP contribution in [0.3, 0.4) is 0 Å². The number of phenols is 1. The van der Waals surface area contributed by atoms with Gasteiger partial charge in [-0.2, -0.15) is 6.07 Å². The number of ether oxygens (including phenoxy) is 1. The molecule has 0 saturated heterocycles. The van der Waals surface area contributed by atoms with Crippen molar-refractivity contribution in [3.63, 3.8) is 0 Å². The average Bonchev–Trinajstić information content (AvgIpc) is 3.18. The molecule has 6 rings (SSSR count). The SMILES string of the molecule is CCc1ccnc(-n2c3[c-]c(Oc4ccc5cccc(O)c5n4)ccc3c3ccccc32)c1.[Pt]. The summed E-state index contributed by atoms with van der Waals surface area (Å²) in [7, 11) is 0. The quantitative estimate of drug-likeness (QED) is 0.225. The molecule has 0 atom stereocenters. The number of para-hydroxylation sites is 2. The van der Waals surface area contributed by atoms with Crippen LogP contribution in [0.15, 0.2) is 85.1 Å². The van der Waals surface area contributed by atoms with E-state index in [1.807, 2.05) is 48.7 Å². The first-order chi connectivity index (χ1) is 16.2. The van der Waals surface area contributed by atoms with Crippen molar-refractivity contribution in [1.82, 2.24) is 14.5 Å². The number of rotatable bonds is 4. The van der Waals surface area contributed by atoms with E-state index in [9.17, 15) is 5.11 Å². The summed E-state index contributed by atoms with van der Waals surface area (Å²) in [5.74, 6) is 1.91. The average molecular weight is 626 g/mol. The Labute approximate surface area is 210 Å². The van der Waals surface area contributed by atoms with Crippen molar-refractivity contribution in [2.24, 2.45) is 0 Å². The molecule has 0 radical (unpaired) electrons. The molecule has 1 N–H and O–H groups in total. The second-order valence-electron chi connectivity index (χ2n) is 7.91. The number of nitrogens with zero attached hydrogens (tertiary/aromatic N) is 3. The van der Waals surface area contributed by atoms with Gasteiger partial charge in [0.15, 0.2) is 0 Å². The van der Waals surface area contributed by atoms with E-state index < -0.39 is 0 Å². The number of aromatic hydroxyl groups is 1. The third kappa shape index (κ3) is 3.72. The number of aromatic nitrogens is 3. The van der Waals surface area contributed by atoms with Crippen LogP contribution >= 0.6 is 0 Å². The molecule has 0 amide bonds. The minimum absolute atomic E-state index is 0. The van der Waals surface area contributed by atoms with E-state index in [0.717, 1.165) is 39.4 Å². The molecule has 34 heavy (non-hydrogen) atoms. The molecule has 0 spiro atoms. The molecule has 3 aromatic carbocycles. The van der Waals surface area contributed by atoms with Crippen LogP contribution in [-0.2, 0) is 27.5 Å². The first-order valence-electron chi connectivity index (χ1n) is 10.9. The Balaban J connectivity index is 0.00000241. The molecule has 0 unspecified atom stereocenters. The Morgan fingerprint density at radius 2 is 1.82 bits per heavy atom. The van der Waals surface area contributed by atoms with E-state index in [1.165, 1.54) is 5.56 Å². The van der Waals surface area contributed by atoms with Crippen molar-refractivity contribution in [3.05, 3.63) is 96.7 Å². The Morgan fingerprint density at radius 1 is 0.941 bits per heavy atom. The van der Waals surface area contributed by atoms with Crippen LogP contribution in [0, 0.1) is 6.07 Å². The molecule has 0 aliphatic rings. The summed E-state index contributed by atoms with van der Waals surface area (Å²) in [4.78, 5) is 9.13. The van der Waals surface area contributed by atoms with E-state index in [1.54, 1.807) is 18.2 Å². The molecule has 6 aromatic rings. The van der Waals surface area contributed by atoms with Gasteiger partial charge in [-0.25, -0.2) is 9.97 Å². The number of hydrogen-bond acceptors (Lipinski definition) is 4. The van der Waals surface area contributed by atoms with Crippen LogP contribution in [0.5, 0.6) is 17.4 Å². The minimum atomic E-state index is 0. The van der Waals surface area contributed by atoms with Crippen LogP contribution in [0.25, 0.3) is 38.5 Å². The summed E-state index contributed by atoms with van der Waals surface area (Å²) in [5, 5.41) is 13.2. The van der Waals surface area contributed by atoms with Crippen molar-refractivity contribution in [3.8, 4) is 23.2 Å². The predicted molar refractivity (Wildman–Crippen MR) is 130 cm³/mol. The van der Waals surface area contributed by atoms with Crippen molar-refractivity contribution in [1.29, 1.82) is 0 Å². The van der Waals surface area contributed by atoms with Gasteiger partial charge in [0, 0.05) is 50.0 Å². The molecule has 3 aromatic heterocycles. The third-order valence-corrected chi connectivity index (χ3v) is 5.89. The van der Waals surface area contributed by atoms with Gasteiger partial charge in [-0.15, -0.1) is 17.5 Å². The maximum absolute atomic E-state index is 10.2. The van der Waals surface area contributed by atoms with Gasteiger partial charge in [-0.3, -0.25) is 0 Å². The summed E-state index contributed by atoms with van der Waals surface area (Å²) in [6.45, 7) is 2.14. The van der Waals surface area contributed by atoms with Crippen LogP contribution in [0.1, 0.15) is 12.5 Å². The summed E-state index contributed by atoms with van der Waals surface area (Å²) in [6.07, 6.45) is 2.78. The summed E-state index contributed by atoms with van der Waals surface area (Å²) >= 11 is 0. The first-order valence-corrected chi connectivity index (χ1v) is 10.9. The van der Waals surface area contributed by atoms with Crippen molar-refractivity contribution >= 4 is 32.7 Å². The van der Waals surface area contributed by atoms with Crippen LogP contribution in [-0.4, -0.2) is 19.6 Å². The molecule has 0 saturated carbocycles. The third-order valence-electron chi connectivity index (χ3n) is 5.89. The van der Waals surface area contributed by atoms with Gasteiger partial charge in [0.2, 0.25) is 5.88 Å². The summed E-state index contributed by atoms with van der Waals surface area (Å²) in [5.41, 5.74) is 3.68.